The Morgan fingerprint density at radius 2 is 1.52 bits per heavy atom. The maximum absolute atomic E-state index is 13.6. The SMILES string of the molecule is COC(=O)N[C@H](C(=O)N1CC(C(F)(F)F)CCC1C(=O)N[C@@H](CCC(C)(F)F)C(=O)C(=O)NC1CC1)C(C)(C)C. The molecule has 1 saturated heterocycles. The van der Waals surface area contributed by atoms with Crippen LogP contribution in [0.2, 0.25) is 0 Å². The molecule has 1 saturated carbocycles. The van der Waals surface area contributed by atoms with Gasteiger partial charge in [0.1, 0.15) is 12.1 Å². The highest BCUT2D eigenvalue weighted by molar-refractivity contribution is 6.38. The monoisotopic (exact) mass is 584 g/mol. The maximum Gasteiger partial charge on any atom is 0.407 e. The summed E-state index contributed by atoms with van der Waals surface area (Å²) in [6.45, 7) is 4.32. The number of alkyl halides is 5. The zero-order chi connectivity index (χ0) is 30.6. The molecule has 228 valence electrons. The lowest BCUT2D eigenvalue weighted by atomic mass is 9.83. The number of Topliss-reactive ketones (excluding diaryl/α,β-unsaturated/α-hetero) is 1. The van der Waals surface area contributed by atoms with Gasteiger partial charge in [-0.2, -0.15) is 13.2 Å². The summed E-state index contributed by atoms with van der Waals surface area (Å²) in [6, 6.07) is -4.86. The van der Waals surface area contributed by atoms with Crippen molar-refractivity contribution in [2.45, 2.75) is 102 Å². The van der Waals surface area contributed by atoms with Crippen molar-refractivity contribution in [3.8, 4) is 0 Å². The minimum Gasteiger partial charge on any atom is -0.453 e. The number of ketones is 1. The third kappa shape index (κ3) is 9.58. The van der Waals surface area contributed by atoms with Crippen molar-refractivity contribution in [1.29, 1.82) is 0 Å². The molecular formula is C25H37F5N4O6. The number of piperidine rings is 1. The Morgan fingerprint density at radius 3 is 2.00 bits per heavy atom. The molecule has 4 atom stereocenters. The van der Waals surface area contributed by atoms with E-state index >= 15 is 0 Å². The molecule has 1 aliphatic heterocycles. The van der Waals surface area contributed by atoms with Crippen molar-refractivity contribution in [2.75, 3.05) is 13.7 Å². The van der Waals surface area contributed by atoms with Gasteiger partial charge >= 0.3 is 12.3 Å². The number of hydrogen-bond acceptors (Lipinski definition) is 6. The van der Waals surface area contributed by atoms with Gasteiger partial charge in [0.05, 0.1) is 19.1 Å². The van der Waals surface area contributed by atoms with E-state index in [1.54, 1.807) is 20.8 Å². The van der Waals surface area contributed by atoms with Crippen LogP contribution in [0.5, 0.6) is 0 Å². The van der Waals surface area contributed by atoms with Crippen LogP contribution in [0.1, 0.15) is 66.2 Å². The van der Waals surface area contributed by atoms with Crippen molar-refractivity contribution in [1.82, 2.24) is 20.9 Å². The summed E-state index contributed by atoms with van der Waals surface area (Å²) >= 11 is 0. The van der Waals surface area contributed by atoms with Crippen molar-refractivity contribution < 1.29 is 50.7 Å². The molecule has 0 aromatic carbocycles. The van der Waals surface area contributed by atoms with Gasteiger partial charge in [0.25, 0.3) is 5.91 Å². The first kappa shape index (κ1) is 33.2. The standard InChI is InChI=1S/C25H37F5N4O6/c1-23(2,3)18(33-22(39)40-5)21(38)34-12-13(25(28,29)30)6-9-16(34)19(36)32-15(10-11-24(4,26)27)17(35)20(37)31-14-7-8-14/h13-16,18H,6-12H2,1-5H3,(H,31,37)(H,32,36)(H,33,39)/t13?,15-,16?,18+/m0/s1. The van der Waals surface area contributed by atoms with Gasteiger partial charge in [-0.1, -0.05) is 20.8 Å². The third-order valence-electron chi connectivity index (χ3n) is 6.83. The molecule has 10 nitrogen and oxygen atoms in total. The van der Waals surface area contributed by atoms with Crippen LogP contribution in [0.4, 0.5) is 26.7 Å². The quantitative estimate of drug-likeness (QED) is 0.267. The normalized spacial score (nSPS) is 21.6. The van der Waals surface area contributed by atoms with E-state index in [0.29, 0.717) is 24.7 Å². The number of carbonyl (C=O) groups excluding carboxylic acids is 5. The predicted octanol–water partition coefficient (Wildman–Crippen LogP) is 2.69. The van der Waals surface area contributed by atoms with Crippen LogP contribution in [0.15, 0.2) is 0 Å². The average molecular weight is 585 g/mol. The van der Waals surface area contributed by atoms with Gasteiger partial charge in [-0.15, -0.1) is 0 Å². The van der Waals surface area contributed by atoms with Gasteiger partial charge in [-0.25, -0.2) is 13.6 Å². The van der Waals surface area contributed by atoms with E-state index in [4.69, 9.17) is 0 Å². The van der Waals surface area contributed by atoms with Crippen LogP contribution in [-0.4, -0.2) is 84.4 Å². The number of amides is 4. The first-order chi connectivity index (χ1) is 18.2. The lowest BCUT2D eigenvalue weighted by Crippen LogP contribution is -2.63. The third-order valence-corrected chi connectivity index (χ3v) is 6.83. The van der Waals surface area contributed by atoms with E-state index in [-0.39, 0.29) is 6.04 Å². The fraction of sp³-hybridized carbons (Fsp3) is 0.800. The number of carbonyl (C=O) groups is 5. The summed E-state index contributed by atoms with van der Waals surface area (Å²) < 4.78 is 72.6. The molecule has 0 aromatic heterocycles. The second-order valence-corrected chi connectivity index (χ2v) is 11.5. The van der Waals surface area contributed by atoms with E-state index in [2.05, 4.69) is 20.7 Å². The van der Waals surface area contributed by atoms with E-state index in [9.17, 15) is 45.9 Å². The molecule has 4 amide bonds. The Bertz CT molecular complexity index is 974. The number of rotatable bonds is 10. The highest BCUT2D eigenvalue weighted by Gasteiger charge is 2.49. The molecule has 3 N–H and O–H groups in total. The van der Waals surface area contributed by atoms with E-state index in [1.807, 2.05) is 0 Å². The topological polar surface area (TPSA) is 134 Å². The van der Waals surface area contributed by atoms with Crippen molar-refractivity contribution in [3.05, 3.63) is 0 Å². The second kappa shape index (κ2) is 12.7. The fourth-order valence-corrected chi connectivity index (χ4v) is 4.32. The lowest BCUT2D eigenvalue weighted by molar-refractivity contribution is -0.193. The van der Waals surface area contributed by atoms with Crippen LogP contribution < -0.4 is 16.0 Å². The Morgan fingerprint density at radius 1 is 0.925 bits per heavy atom. The summed E-state index contributed by atoms with van der Waals surface area (Å²) in [5.41, 5.74) is -1.02. The fourth-order valence-electron chi connectivity index (χ4n) is 4.32. The van der Waals surface area contributed by atoms with Crippen molar-refractivity contribution in [3.63, 3.8) is 0 Å². The minimum atomic E-state index is -4.70. The maximum atomic E-state index is 13.6. The summed E-state index contributed by atoms with van der Waals surface area (Å²) in [5.74, 6) is -9.53. The first-order valence-electron chi connectivity index (χ1n) is 13.0. The lowest BCUT2D eigenvalue weighted by Gasteiger charge is -2.43. The molecule has 2 unspecified atom stereocenters. The summed E-state index contributed by atoms with van der Waals surface area (Å²) in [6.07, 6.45) is -6.91. The number of ether oxygens (including phenoxy) is 1. The van der Waals surface area contributed by atoms with Gasteiger partial charge in [0, 0.05) is 19.0 Å². The molecule has 40 heavy (non-hydrogen) atoms. The largest absolute Gasteiger partial charge is 0.453 e. The Kier molecular flexibility index (Phi) is 10.5. The number of alkyl carbamates (subject to hydrolysis) is 1. The van der Waals surface area contributed by atoms with Crippen LogP contribution in [-0.2, 0) is 23.9 Å². The smallest absolute Gasteiger partial charge is 0.407 e. The molecule has 0 radical (unpaired) electrons. The van der Waals surface area contributed by atoms with E-state index in [1.165, 1.54) is 0 Å². The zero-order valence-electron chi connectivity index (χ0n) is 23.1. The number of nitrogens with one attached hydrogen (secondary N) is 3. The number of methoxy groups -OCH3 is 1. The van der Waals surface area contributed by atoms with Crippen LogP contribution in [0.3, 0.4) is 0 Å². The molecule has 15 heteroatoms. The summed E-state index contributed by atoms with van der Waals surface area (Å²) in [5, 5.41) is 6.95. The summed E-state index contributed by atoms with van der Waals surface area (Å²) in [4.78, 5) is 64.6. The Labute approximate surface area is 229 Å². The van der Waals surface area contributed by atoms with Crippen LogP contribution in [0.25, 0.3) is 0 Å². The molecule has 2 aliphatic rings. The molecule has 0 bridgehead atoms. The Hall–Kier alpha value is -3.00. The van der Waals surface area contributed by atoms with Gasteiger partial charge in [-0.3, -0.25) is 19.2 Å². The van der Waals surface area contributed by atoms with E-state index in [0.717, 1.165) is 7.11 Å². The average Bonchev–Trinajstić information content (AvgIpc) is 3.65. The van der Waals surface area contributed by atoms with Crippen molar-refractivity contribution >= 4 is 29.6 Å². The molecule has 0 aromatic rings. The number of halogens is 5. The first-order valence-corrected chi connectivity index (χ1v) is 13.0. The molecule has 2 fully saturated rings. The minimum absolute atomic E-state index is 0.234. The highest BCUT2D eigenvalue weighted by Crippen LogP contribution is 2.36. The number of nitrogens with zero attached hydrogens (tertiary/aromatic N) is 1. The van der Waals surface area contributed by atoms with Crippen LogP contribution in [0, 0.1) is 11.3 Å². The highest BCUT2D eigenvalue weighted by atomic mass is 19.4. The molecule has 1 heterocycles. The van der Waals surface area contributed by atoms with Gasteiger partial charge in [-0.05, 0) is 44.4 Å². The molecule has 2 rings (SSSR count). The molecular weight excluding hydrogens is 547 g/mol. The van der Waals surface area contributed by atoms with Crippen LogP contribution >= 0.6 is 0 Å². The number of hydrogen-bond donors (Lipinski definition) is 3. The Balaban J connectivity index is 2.36. The summed E-state index contributed by atoms with van der Waals surface area (Å²) in [7, 11) is 1.03. The number of likely N-dealkylation sites (tertiary alicyclic amines) is 1. The molecule has 1 aliphatic carbocycles. The molecule has 0 spiro atoms. The second-order valence-electron chi connectivity index (χ2n) is 11.5. The van der Waals surface area contributed by atoms with Gasteiger partial charge in [0.2, 0.25) is 23.5 Å². The predicted molar refractivity (Wildman–Crippen MR) is 131 cm³/mol. The van der Waals surface area contributed by atoms with Gasteiger partial charge in [0.15, 0.2) is 0 Å². The van der Waals surface area contributed by atoms with E-state index < -0.39 is 103 Å². The van der Waals surface area contributed by atoms with Crippen molar-refractivity contribution in [2.24, 2.45) is 11.3 Å². The zero-order valence-corrected chi connectivity index (χ0v) is 23.1. The van der Waals surface area contributed by atoms with Gasteiger partial charge < -0.3 is 25.6 Å².